The van der Waals surface area contributed by atoms with Gasteiger partial charge in [-0.3, -0.25) is 14.9 Å². The number of amides is 1. The molecule has 3 aromatic rings. The van der Waals surface area contributed by atoms with Crippen LogP contribution in [0.3, 0.4) is 0 Å². The Morgan fingerprint density at radius 2 is 1.69 bits per heavy atom. The van der Waals surface area contributed by atoms with E-state index in [2.05, 4.69) is 10.0 Å². The average molecular weight is 478 g/mol. The molecule has 3 rings (SSSR count). The predicted octanol–water partition coefficient (Wildman–Crippen LogP) is 3.80. The third-order valence-corrected chi connectivity index (χ3v) is 6.14. The van der Waals surface area contributed by atoms with Gasteiger partial charge in [-0.1, -0.05) is 35.9 Å². The molecule has 0 spiro atoms. The molecule has 0 unspecified atom stereocenters. The molecule has 0 aliphatic carbocycles. The van der Waals surface area contributed by atoms with E-state index in [1.54, 1.807) is 12.1 Å². The molecule has 0 radical (unpaired) electrons. The van der Waals surface area contributed by atoms with Crippen LogP contribution in [0.2, 0.25) is 5.02 Å². The summed E-state index contributed by atoms with van der Waals surface area (Å²) >= 11 is 5.95. The van der Waals surface area contributed by atoms with Crippen molar-refractivity contribution in [3.8, 4) is 0 Å². The van der Waals surface area contributed by atoms with Gasteiger partial charge < -0.3 is 5.32 Å². The Labute approximate surface area is 188 Å². The molecular formula is C21H17ClFN3O5S. The Hall–Kier alpha value is -3.34. The van der Waals surface area contributed by atoms with Gasteiger partial charge in [-0.2, -0.15) is 0 Å². The van der Waals surface area contributed by atoms with Crippen LogP contribution in [-0.4, -0.2) is 19.2 Å². The van der Waals surface area contributed by atoms with Gasteiger partial charge in [0.2, 0.25) is 10.0 Å². The molecule has 0 saturated carbocycles. The Morgan fingerprint density at radius 3 is 2.34 bits per heavy atom. The third-order valence-electron chi connectivity index (χ3n) is 4.43. The summed E-state index contributed by atoms with van der Waals surface area (Å²) < 4.78 is 40.8. The first-order valence-electron chi connectivity index (χ1n) is 9.21. The van der Waals surface area contributed by atoms with Crippen LogP contribution in [0.15, 0.2) is 71.6 Å². The van der Waals surface area contributed by atoms with Crippen molar-refractivity contribution < 1.29 is 22.5 Å². The standard InChI is InChI=1S/C21H17ClFN3O5S/c22-20-11-17(26(28)29)7-8-19(20)21(27)24-12-15-4-2-6-18(10-15)32(30,31)25-13-14-3-1-5-16(23)9-14/h1-11,25H,12-13H2,(H,24,27). The maximum atomic E-state index is 13.3. The number of hydrogen-bond donors (Lipinski definition) is 2. The van der Waals surface area contributed by atoms with Crippen molar-refractivity contribution in [2.24, 2.45) is 0 Å². The summed E-state index contributed by atoms with van der Waals surface area (Å²) in [5, 5.41) is 13.3. The molecule has 0 aliphatic rings. The van der Waals surface area contributed by atoms with Gasteiger partial charge in [-0.05, 0) is 41.5 Å². The maximum absolute atomic E-state index is 13.3. The molecule has 0 aliphatic heterocycles. The minimum Gasteiger partial charge on any atom is -0.348 e. The molecule has 8 nitrogen and oxygen atoms in total. The SMILES string of the molecule is O=C(NCc1cccc(S(=O)(=O)NCc2cccc(F)c2)c1)c1ccc([N+](=O)[O-])cc1Cl. The van der Waals surface area contributed by atoms with Crippen molar-refractivity contribution in [1.29, 1.82) is 0 Å². The number of hydrogen-bond acceptors (Lipinski definition) is 5. The maximum Gasteiger partial charge on any atom is 0.270 e. The van der Waals surface area contributed by atoms with Crippen LogP contribution >= 0.6 is 11.6 Å². The number of rotatable bonds is 8. The molecule has 2 N–H and O–H groups in total. The topological polar surface area (TPSA) is 118 Å². The second-order valence-electron chi connectivity index (χ2n) is 6.71. The lowest BCUT2D eigenvalue weighted by atomic mass is 10.1. The van der Waals surface area contributed by atoms with E-state index in [0.29, 0.717) is 11.1 Å². The summed E-state index contributed by atoms with van der Waals surface area (Å²) in [6.07, 6.45) is 0. The van der Waals surface area contributed by atoms with Crippen LogP contribution in [0, 0.1) is 15.9 Å². The number of carbonyl (C=O) groups excluding carboxylic acids is 1. The normalized spacial score (nSPS) is 11.2. The van der Waals surface area contributed by atoms with E-state index in [9.17, 15) is 27.7 Å². The van der Waals surface area contributed by atoms with Crippen molar-refractivity contribution >= 4 is 33.2 Å². The first kappa shape index (κ1) is 23.3. The second-order valence-corrected chi connectivity index (χ2v) is 8.88. The highest BCUT2D eigenvalue weighted by Gasteiger charge is 2.17. The summed E-state index contributed by atoms with van der Waals surface area (Å²) in [6, 6.07) is 15.0. The van der Waals surface area contributed by atoms with Gasteiger partial charge in [0.25, 0.3) is 11.6 Å². The number of carbonyl (C=O) groups is 1. The number of benzene rings is 3. The molecule has 32 heavy (non-hydrogen) atoms. The number of sulfonamides is 1. The quantitative estimate of drug-likeness (QED) is 0.378. The van der Waals surface area contributed by atoms with E-state index < -0.39 is 26.7 Å². The highest BCUT2D eigenvalue weighted by atomic mass is 35.5. The number of non-ortho nitro benzene ring substituents is 1. The molecule has 0 atom stereocenters. The molecule has 0 heterocycles. The zero-order chi connectivity index (χ0) is 23.3. The van der Waals surface area contributed by atoms with Gasteiger partial charge in [0.1, 0.15) is 5.82 Å². The number of nitro benzene ring substituents is 1. The number of nitrogens with zero attached hydrogens (tertiary/aromatic N) is 1. The molecule has 1 amide bonds. The first-order valence-corrected chi connectivity index (χ1v) is 11.1. The fourth-order valence-electron chi connectivity index (χ4n) is 2.81. The van der Waals surface area contributed by atoms with E-state index in [1.807, 2.05) is 0 Å². The van der Waals surface area contributed by atoms with Gasteiger partial charge in [0.15, 0.2) is 0 Å². The zero-order valence-electron chi connectivity index (χ0n) is 16.4. The van der Waals surface area contributed by atoms with Crippen molar-refractivity contribution in [3.05, 3.63) is 104 Å². The van der Waals surface area contributed by atoms with Gasteiger partial charge in [0, 0.05) is 25.2 Å². The van der Waals surface area contributed by atoms with E-state index in [-0.39, 0.29) is 34.3 Å². The summed E-state index contributed by atoms with van der Waals surface area (Å²) in [6.45, 7) is -0.0842. The van der Waals surface area contributed by atoms with Gasteiger partial charge in [-0.15, -0.1) is 0 Å². The monoisotopic (exact) mass is 477 g/mol. The zero-order valence-corrected chi connectivity index (χ0v) is 18.0. The van der Waals surface area contributed by atoms with E-state index in [1.165, 1.54) is 42.5 Å². The van der Waals surface area contributed by atoms with Gasteiger partial charge in [0.05, 0.1) is 20.4 Å². The van der Waals surface area contributed by atoms with Gasteiger partial charge >= 0.3 is 0 Å². The van der Waals surface area contributed by atoms with Crippen molar-refractivity contribution in [3.63, 3.8) is 0 Å². The average Bonchev–Trinajstić information content (AvgIpc) is 2.76. The summed E-state index contributed by atoms with van der Waals surface area (Å²) in [5.41, 5.74) is 0.787. The van der Waals surface area contributed by atoms with Crippen LogP contribution in [-0.2, 0) is 23.1 Å². The predicted molar refractivity (Wildman–Crippen MR) is 116 cm³/mol. The first-order chi connectivity index (χ1) is 15.2. The van der Waals surface area contributed by atoms with Crippen molar-refractivity contribution in [2.75, 3.05) is 0 Å². The second kappa shape index (κ2) is 9.86. The molecule has 11 heteroatoms. The molecule has 0 aromatic heterocycles. The summed E-state index contributed by atoms with van der Waals surface area (Å²) in [7, 11) is -3.87. The van der Waals surface area contributed by atoms with Crippen LogP contribution in [0.1, 0.15) is 21.5 Å². The molecule has 166 valence electrons. The smallest absolute Gasteiger partial charge is 0.270 e. The van der Waals surface area contributed by atoms with E-state index >= 15 is 0 Å². The fraction of sp³-hybridized carbons (Fsp3) is 0.0952. The summed E-state index contributed by atoms with van der Waals surface area (Å²) in [4.78, 5) is 22.5. The van der Waals surface area contributed by atoms with Gasteiger partial charge in [-0.25, -0.2) is 17.5 Å². The highest BCUT2D eigenvalue weighted by Crippen LogP contribution is 2.22. The minimum absolute atomic E-state index is 0.000589. The van der Waals surface area contributed by atoms with Crippen LogP contribution < -0.4 is 10.0 Å². The number of halogens is 2. The van der Waals surface area contributed by atoms with Crippen molar-refractivity contribution in [1.82, 2.24) is 10.0 Å². The largest absolute Gasteiger partial charge is 0.348 e. The van der Waals surface area contributed by atoms with E-state index in [4.69, 9.17) is 11.6 Å². The van der Waals surface area contributed by atoms with Crippen LogP contribution in [0.25, 0.3) is 0 Å². The van der Waals surface area contributed by atoms with Crippen LogP contribution in [0.5, 0.6) is 0 Å². The Morgan fingerprint density at radius 1 is 1.00 bits per heavy atom. The number of nitro groups is 1. The lowest BCUT2D eigenvalue weighted by molar-refractivity contribution is -0.384. The Kier molecular flexibility index (Phi) is 7.18. The lowest BCUT2D eigenvalue weighted by Gasteiger charge is -2.10. The molecule has 0 fully saturated rings. The Bertz CT molecular complexity index is 1280. The highest BCUT2D eigenvalue weighted by molar-refractivity contribution is 7.89. The number of nitrogens with one attached hydrogen (secondary N) is 2. The molecule has 0 bridgehead atoms. The molecular weight excluding hydrogens is 461 g/mol. The molecule has 3 aromatic carbocycles. The minimum atomic E-state index is -3.87. The Balaban J connectivity index is 1.66. The van der Waals surface area contributed by atoms with Crippen LogP contribution in [0.4, 0.5) is 10.1 Å². The lowest BCUT2D eigenvalue weighted by Crippen LogP contribution is -2.25. The van der Waals surface area contributed by atoms with E-state index in [0.717, 1.165) is 12.1 Å². The fourth-order valence-corrected chi connectivity index (χ4v) is 4.16. The summed E-state index contributed by atoms with van der Waals surface area (Å²) in [5.74, 6) is -1.03. The molecule has 0 saturated heterocycles. The van der Waals surface area contributed by atoms with Crippen molar-refractivity contribution in [2.45, 2.75) is 18.0 Å². The third kappa shape index (κ3) is 5.88.